The van der Waals surface area contributed by atoms with Crippen LogP contribution >= 0.6 is 0 Å². The largest absolute Gasteiger partial charge is 0.355 e. The Morgan fingerprint density at radius 3 is 1.84 bits per heavy atom. The topological polar surface area (TPSA) is 57.4 Å². The van der Waals surface area contributed by atoms with Crippen molar-refractivity contribution in [3.8, 4) is 0 Å². The van der Waals surface area contributed by atoms with Crippen molar-refractivity contribution in [2.24, 2.45) is 0 Å². The molecule has 0 aromatic carbocycles. The Hall–Kier alpha value is -3.66. The van der Waals surface area contributed by atoms with E-state index in [1.165, 1.54) is 56.9 Å². The van der Waals surface area contributed by atoms with Gasteiger partial charge in [-0.05, 0) is 92.1 Å². The highest BCUT2D eigenvalue weighted by molar-refractivity contribution is 5.78. The number of aromatic amines is 2. The Balaban J connectivity index is 0.00000102. The number of rotatable bonds is 9. The van der Waals surface area contributed by atoms with Crippen molar-refractivity contribution in [1.29, 1.82) is 0 Å². The molecule has 3 aromatic rings. The Morgan fingerprint density at radius 1 is 0.649 bits per heavy atom. The fourth-order valence-electron chi connectivity index (χ4n) is 4.73. The van der Waals surface area contributed by atoms with E-state index in [-0.39, 0.29) is 0 Å². The van der Waals surface area contributed by atoms with Crippen molar-refractivity contribution in [1.82, 2.24) is 19.9 Å². The summed E-state index contributed by atoms with van der Waals surface area (Å²) in [6.07, 6.45) is 21.8. The summed E-state index contributed by atoms with van der Waals surface area (Å²) in [7, 11) is 0. The van der Waals surface area contributed by atoms with Gasteiger partial charge in [0.05, 0.1) is 22.8 Å². The van der Waals surface area contributed by atoms with Crippen LogP contribution in [0.5, 0.6) is 0 Å². The molecule has 5 heterocycles. The number of hydrogen-bond donors (Lipinski definition) is 2. The Kier molecular flexibility index (Phi) is 9.70. The van der Waals surface area contributed by atoms with Gasteiger partial charge in [0.15, 0.2) is 0 Å². The molecule has 0 atom stereocenters. The first-order valence-corrected chi connectivity index (χ1v) is 13.8. The third kappa shape index (κ3) is 7.91. The maximum absolute atomic E-state index is 4.81. The van der Waals surface area contributed by atoms with Crippen LogP contribution in [0.15, 0.2) is 55.1 Å². The molecule has 2 aliphatic rings. The highest BCUT2D eigenvalue weighted by Crippen LogP contribution is 2.21. The van der Waals surface area contributed by atoms with Crippen LogP contribution in [0.25, 0.3) is 46.4 Å². The smallest absolute Gasteiger partial charge is 0.0659 e. The fourth-order valence-corrected chi connectivity index (χ4v) is 4.73. The number of unbranched alkanes of at least 4 members (excludes halogenated alkanes) is 7. The number of fused-ring (bicyclic) bond motifs is 8. The summed E-state index contributed by atoms with van der Waals surface area (Å²) in [5.74, 6) is 0. The number of nitrogens with one attached hydrogen (secondary N) is 2. The maximum Gasteiger partial charge on any atom is 0.0659 e. The van der Waals surface area contributed by atoms with E-state index >= 15 is 0 Å². The summed E-state index contributed by atoms with van der Waals surface area (Å²) in [5, 5.41) is 0. The van der Waals surface area contributed by atoms with E-state index in [2.05, 4.69) is 72.0 Å². The van der Waals surface area contributed by atoms with E-state index < -0.39 is 0 Å². The molecule has 0 saturated heterocycles. The lowest BCUT2D eigenvalue weighted by atomic mass is 10.0. The molecule has 8 bridgehead atoms. The van der Waals surface area contributed by atoms with E-state index in [9.17, 15) is 0 Å². The standard InChI is InChI=1S/C30H34N4.C3H6/c1-2-3-4-5-6-7-8-9-10-22-17-29-20-27-14-13-25(32-27)18-23-11-12-24(31-23)19-26-15-16-28(33-26)21-30(22)34-29;1-3-2/h11-21,32,34H,2-10H2,1H3;3H,1H2,2H3. The van der Waals surface area contributed by atoms with Crippen molar-refractivity contribution in [3.63, 3.8) is 0 Å². The molecule has 0 spiro atoms. The van der Waals surface area contributed by atoms with Gasteiger partial charge in [0, 0.05) is 22.1 Å². The van der Waals surface area contributed by atoms with Crippen LogP contribution in [-0.4, -0.2) is 19.9 Å². The number of H-pyrrole nitrogens is 2. The van der Waals surface area contributed by atoms with Crippen molar-refractivity contribution in [2.75, 3.05) is 0 Å². The van der Waals surface area contributed by atoms with Crippen molar-refractivity contribution < 1.29 is 0 Å². The minimum atomic E-state index is 0.930. The van der Waals surface area contributed by atoms with Crippen LogP contribution < -0.4 is 0 Å². The van der Waals surface area contributed by atoms with Crippen LogP contribution in [0.4, 0.5) is 0 Å². The average Bonchev–Trinajstić information content (AvgIpc) is 3.67. The van der Waals surface area contributed by atoms with Gasteiger partial charge in [-0.2, -0.15) is 0 Å². The Bertz CT molecular complexity index is 1400. The van der Waals surface area contributed by atoms with Crippen LogP contribution in [0.1, 0.15) is 93.6 Å². The van der Waals surface area contributed by atoms with Crippen molar-refractivity contribution in [2.45, 2.75) is 71.6 Å². The minimum Gasteiger partial charge on any atom is -0.355 e. The number of hydrogen-bond acceptors (Lipinski definition) is 2. The normalized spacial score (nSPS) is 11.8. The zero-order chi connectivity index (χ0) is 25.9. The number of aryl methyl sites for hydroxylation is 1. The molecule has 4 heteroatoms. The number of aromatic nitrogens is 4. The van der Waals surface area contributed by atoms with Gasteiger partial charge in [-0.3, -0.25) is 0 Å². The lowest BCUT2D eigenvalue weighted by Gasteiger charge is -2.01. The summed E-state index contributed by atoms with van der Waals surface area (Å²) in [4.78, 5) is 16.6. The van der Waals surface area contributed by atoms with Crippen LogP contribution in [0.2, 0.25) is 0 Å². The number of nitrogens with zero attached hydrogens (tertiary/aromatic N) is 2. The lowest BCUT2D eigenvalue weighted by Crippen LogP contribution is -1.86. The Morgan fingerprint density at radius 2 is 1.19 bits per heavy atom. The van der Waals surface area contributed by atoms with E-state index in [4.69, 9.17) is 9.97 Å². The van der Waals surface area contributed by atoms with E-state index in [1.54, 1.807) is 6.08 Å². The Labute approximate surface area is 221 Å². The van der Waals surface area contributed by atoms with E-state index in [0.717, 1.165) is 51.3 Å². The lowest BCUT2D eigenvalue weighted by molar-refractivity contribution is 0.576. The molecule has 2 aliphatic heterocycles. The quantitative estimate of drug-likeness (QED) is 0.159. The van der Waals surface area contributed by atoms with E-state index in [1.807, 2.05) is 25.1 Å². The first-order valence-electron chi connectivity index (χ1n) is 13.8. The van der Waals surface area contributed by atoms with Crippen molar-refractivity contribution >= 4 is 46.4 Å². The van der Waals surface area contributed by atoms with Crippen molar-refractivity contribution in [3.05, 3.63) is 83.5 Å². The van der Waals surface area contributed by atoms with Gasteiger partial charge < -0.3 is 9.97 Å². The van der Waals surface area contributed by atoms with Crippen LogP contribution in [0.3, 0.4) is 0 Å². The minimum absolute atomic E-state index is 0.930. The summed E-state index contributed by atoms with van der Waals surface area (Å²) in [5.41, 5.74) is 9.57. The van der Waals surface area contributed by atoms with Gasteiger partial charge in [0.25, 0.3) is 0 Å². The molecule has 0 aliphatic carbocycles. The van der Waals surface area contributed by atoms with Gasteiger partial charge in [0.1, 0.15) is 0 Å². The third-order valence-electron chi connectivity index (χ3n) is 6.55. The second kappa shape index (κ2) is 13.6. The van der Waals surface area contributed by atoms with E-state index in [0.29, 0.717) is 0 Å². The second-order valence-electron chi connectivity index (χ2n) is 9.83. The molecule has 5 rings (SSSR count). The van der Waals surface area contributed by atoms with Gasteiger partial charge in [-0.25, -0.2) is 9.97 Å². The first kappa shape index (κ1) is 26.4. The molecule has 0 radical (unpaired) electrons. The molecular weight excluding hydrogens is 452 g/mol. The molecule has 0 amide bonds. The third-order valence-corrected chi connectivity index (χ3v) is 6.55. The molecule has 37 heavy (non-hydrogen) atoms. The molecule has 3 aromatic heterocycles. The molecule has 2 N–H and O–H groups in total. The van der Waals surface area contributed by atoms with Gasteiger partial charge in [-0.1, -0.05) is 57.9 Å². The summed E-state index contributed by atoms with van der Waals surface area (Å²) >= 11 is 0. The predicted octanol–water partition coefficient (Wildman–Crippen LogP) is 9.53. The molecule has 192 valence electrons. The fraction of sp³-hybridized carbons (Fsp3) is 0.333. The molecule has 0 saturated carbocycles. The number of allylic oxidation sites excluding steroid dienone is 1. The zero-order valence-corrected chi connectivity index (χ0v) is 22.4. The first-order chi connectivity index (χ1) is 18.2. The zero-order valence-electron chi connectivity index (χ0n) is 22.4. The molecule has 4 nitrogen and oxygen atoms in total. The SMILES string of the molecule is C=CC.CCCCCCCCCCc1cc2cc3ccc(cc4nc(cc5nc(cc1[nH]2)C=C5)C=C4)[nH]3. The summed E-state index contributed by atoms with van der Waals surface area (Å²) in [6.45, 7) is 7.53. The maximum atomic E-state index is 4.81. The average molecular weight is 493 g/mol. The highest BCUT2D eigenvalue weighted by atomic mass is 14.8. The molecule has 0 fully saturated rings. The van der Waals surface area contributed by atoms with Crippen LogP contribution in [-0.2, 0) is 6.42 Å². The van der Waals surface area contributed by atoms with Gasteiger partial charge in [0.2, 0.25) is 0 Å². The summed E-state index contributed by atoms with van der Waals surface area (Å²) in [6, 6.07) is 15.0. The summed E-state index contributed by atoms with van der Waals surface area (Å²) < 4.78 is 0. The second-order valence-corrected chi connectivity index (χ2v) is 9.83. The van der Waals surface area contributed by atoms with Crippen LogP contribution in [0, 0.1) is 0 Å². The molecule has 0 unspecified atom stereocenters. The monoisotopic (exact) mass is 492 g/mol. The van der Waals surface area contributed by atoms with Gasteiger partial charge in [-0.15, -0.1) is 6.58 Å². The van der Waals surface area contributed by atoms with Gasteiger partial charge >= 0.3 is 0 Å². The predicted molar refractivity (Wildman–Crippen MR) is 161 cm³/mol. The molecular formula is C33H40N4. The highest BCUT2D eigenvalue weighted by Gasteiger charge is 2.05.